The molecule has 3 aromatic carbocycles. The molecule has 0 fully saturated rings. The van der Waals surface area contributed by atoms with E-state index in [9.17, 15) is 15.0 Å². The summed E-state index contributed by atoms with van der Waals surface area (Å²) in [6.45, 7) is 0. The third-order valence-corrected chi connectivity index (χ3v) is 4.68. The number of rotatable bonds is 0. The van der Waals surface area contributed by atoms with E-state index >= 15 is 0 Å². The zero-order valence-electron chi connectivity index (χ0n) is 13.3. The predicted molar refractivity (Wildman–Crippen MR) is 88.0 cm³/mol. The van der Waals surface area contributed by atoms with Crippen molar-refractivity contribution < 1.29 is 41.5 Å². The first-order valence-electron chi connectivity index (χ1n) is 7.77. The lowest BCUT2D eigenvalue weighted by Crippen LogP contribution is -3.00. The highest BCUT2D eigenvalue weighted by Crippen LogP contribution is 2.56. The number of aromatic hydroxyl groups is 2. The fraction of sp³-hybridized carbons (Fsp3) is 0.0500. The van der Waals surface area contributed by atoms with Crippen LogP contribution < -0.4 is 21.7 Å². The number of esters is 1. The number of phenols is 2. The second-order valence-electron chi connectivity index (χ2n) is 6.08. The molecule has 6 heteroatoms. The fourth-order valence-corrected chi connectivity index (χ4v) is 3.65. The van der Waals surface area contributed by atoms with Crippen molar-refractivity contribution in [3.05, 3.63) is 82.9 Å². The lowest BCUT2D eigenvalue weighted by molar-refractivity contribution is -0.0000525. The van der Waals surface area contributed by atoms with Gasteiger partial charge in [0.1, 0.15) is 23.0 Å². The molecule has 2 heterocycles. The van der Waals surface area contributed by atoms with Crippen LogP contribution in [0.1, 0.15) is 27.0 Å². The largest absolute Gasteiger partial charge is 1.00 e. The Morgan fingerprint density at radius 3 is 1.96 bits per heavy atom. The summed E-state index contributed by atoms with van der Waals surface area (Å²) >= 11 is 0. The molecular weight excluding hydrogens is 400 g/mol. The predicted octanol–water partition coefficient (Wildman–Crippen LogP) is 0.670. The molecule has 0 bridgehead atoms. The van der Waals surface area contributed by atoms with Gasteiger partial charge in [-0.3, -0.25) is 0 Å². The standard InChI is InChI=1S/C20H12O5.BrH/c21-11-5-7-15-17(9-11)24-18-10-12(22)6-8-16(18)20(15)14-4-2-1-3-13(14)19(23)25-20;/h1-10,21-22H;1H/p-1. The van der Waals surface area contributed by atoms with Crippen LogP contribution in [0.2, 0.25) is 0 Å². The van der Waals surface area contributed by atoms with E-state index in [1.165, 1.54) is 24.3 Å². The average Bonchev–Trinajstić information content (AvgIpc) is 2.88. The molecule has 2 N–H and O–H groups in total. The summed E-state index contributed by atoms with van der Waals surface area (Å²) in [6.07, 6.45) is 0. The van der Waals surface area contributed by atoms with Crippen LogP contribution in [0.5, 0.6) is 23.0 Å². The fourth-order valence-electron chi connectivity index (χ4n) is 3.65. The molecule has 0 saturated carbocycles. The number of benzene rings is 3. The van der Waals surface area contributed by atoms with E-state index in [2.05, 4.69) is 0 Å². The molecule has 0 radical (unpaired) electrons. The minimum absolute atomic E-state index is 0. The van der Waals surface area contributed by atoms with Crippen LogP contribution in [0.15, 0.2) is 60.7 Å². The maximum Gasteiger partial charge on any atom is 0.340 e. The zero-order chi connectivity index (χ0) is 17.2. The minimum Gasteiger partial charge on any atom is -1.00 e. The van der Waals surface area contributed by atoms with Crippen molar-refractivity contribution in [2.24, 2.45) is 0 Å². The van der Waals surface area contributed by atoms with Crippen molar-refractivity contribution in [3.63, 3.8) is 0 Å². The van der Waals surface area contributed by atoms with Crippen molar-refractivity contribution in [2.45, 2.75) is 5.60 Å². The summed E-state index contributed by atoms with van der Waals surface area (Å²) in [6, 6.07) is 16.6. The van der Waals surface area contributed by atoms with Gasteiger partial charge in [-0.1, -0.05) is 18.2 Å². The number of phenolic OH excluding ortho intramolecular Hbond substituents is 2. The lowest BCUT2D eigenvalue weighted by atomic mass is 9.77. The van der Waals surface area contributed by atoms with Gasteiger partial charge in [0.05, 0.1) is 5.56 Å². The van der Waals surface area contributed by atoms with Crippen LogP contribution >= 0.6 is 0 Å². The van der Waals surface area contributed by atoms with Crippen LogP contribution in [0.3, 0.4) is 0 Å². The second kappa shape index (κ2) is 5.51. The molecule has 0 atom stereocenters. The van der Waals surface area contributed by atoms with Crippen LogP contribution in [0, 0.1) is 0 Å². The van der Waals surface area contributed by atoms with E-state index in [1.54, 1.807) is 24.3 Å². The molecule has 5 nitrogen and oxygen atoms in total. The highest BCUT2D eigenvalue weighted by molar-refractivity contribution is 5.97. The van der Waals surface area contributed by atoms with Gasteiger partial charge >= 0.3 is 5.97 Å². The van der Waals surface area contributed by atoms with Gasteiger partial charge in [-0.15, -0.1) is 0 Å². The molecule has 2 aliphatic heterocycles. The molecular formula is C20H12BrO5-. The average molecular weight is 412 g/mol. The van der Waals surface area contributed by atoms with E-state index < -0.39 is 11.6 Å². The summed E-state index contributed by atoms with van der Waals surface area (Å²) in [5.41, 5.74) is 1.28. The Kier molecular flexibility index (Phi) is 3.49. The third-order valence-electron chi connectivity index (χ3n) is 4.68. The van der Waals surface area contributed by atoms with Gasteiger partial charge in [0, 0.05) is 28.8 Å². The van der Waals surface area contributed by atoms with E-state index in [1.807, 2.05) is 12.1 Å². The molecule has 1 spiro atoms. The van der Waals surface area contributed by atoms with E-state index in [0.717, 1.165) is 0 Å². The number of carbonyl (C=O) groups excluding carboxylic acids is 1. The number of hydrogen-bond donors (Lipinski definition) is 2. The molecule has 0 aromatic heterocycles. The highest BCUT2D eigenvalue weighted by Gasteiger charge is 2.53. The Bertz CT molecular complexity index is 1010. The Morgan fingerprint density at radius 2 is 1.35 bits per heavy atom. The summed E-state index contributed by atoms with van der Waals surface area (Å²) in [5, 5.41) is 19.7. The normalized spacial score (nSPS) is 15.2. The number of hydrogen-bond acceptors (Lipinski definition) is 5. The van der Waals surface area contributed by atoms with Gasteiger partial charge in [0.2, 0.25) is 0 Å². The molecule has 0 amide bonds. The van der Waals surface area contributed by atoms with Gasteiger partial charge in [0.15, 0.2) is 5.60 Å². The molecule has 130 valence electrons. The Morgan fingerprint density at radius 1 is 0.769 bits per heavy atom. The smallest absolute Gasteiger partial charge is 0.340 e. The van der Waals surface area contributed by atoms with Crippen molar-refractivity contribution in [3.8, 4) is 23.0 Å². The van der Waals surface area contributed by atoms with Gasteiger partial charge in [0.25, 0.3) is 0 Å². The number of carbonyl (C=O) groups is 1. The second-order valence-corrected chi connectivity index (χ2v) is 6.08. The van der Waals surface area contributed by atoms with Crippen molar-refractivity contribution in [2.75, 3.05) is 0 Å². The molecule has 2 aliphatic rings. The SMILES string of the molecule is O=C1OC2(c3ccc(O)cc3Oc3cc(O)ccc32)c2ccccc21.[Br-]. The summed E-state index contributed by atoms with van der Waals surface area (Å²) < 4.78 is 11.8. The lowest BCUT2D eigenvalue weighted by Gasteiger charge is -2.36. The number of fused-ring (bicyclic) bond motifs is 6. The molecule has 26 heavy (non-hydrogen) atoms. The van der Waals surface area contributed by atoms with E-state index in [-0.39, 0.29) is 28.5 Å². The molecule has 0 saturated heterocycles. The van der Waals surface area contributed by atoms with Crippen LogP contribution in [-0.2, 0) is 10.3 Å². The third kappa shape index (κ3) is 1.99. The van der Waals surface area contributed by atoms with E-state index in [4.69, 9.17) is 9.47 Å². The Labute approximate surface area is 159 Å². The summed E-state index contributed by atoms with van der Waals surface area (Å²) in [7, 11) is 0. The quantitative estimate of drug-likeness (QED) is 0.531. The maximum atomic E-state index is 12.5. The Hall–Kier alpha value is -2.99. The zero-order valence-corrected chi connectivity index (χ0v) is 14.9. The van der Waals surface area contributed by atoms with Gasteiger partial charge in [-0.2, -0.15) is 0 Å². The highest BCUT2D eigenvalue weighted by atomic mass is 79.9. The van der Waals surface area contributed by atoms with Crippen LogP contribution in [0.4, 0.5) is 0 Å². The number of halogens is 1. The minimum atomic E-state index is -1.17. The van der Waals surface area contributed by atoms with E-state index in [0.29, 0.717) is 33.8 Å². The maximum absolute atomic E-state index is 12.5. The van der Waals surface area contributed by atoms with Gasteiger partial charge in [-0.05, 0) is 30.3 Å². The topological polar surface area (TPSA) is 76.0 Å². The van der Waals surface area contributed by atoms with Crippen molar-refractivity contribution in [1.82, 2.24) is 0 Å². The molecule has 0 aliphatic carbocycles. The molecule has 5 rings (SSSR count). The Balaban J connectivity index is 0.00000168. The number of ether oxygens (including phenoxy) is 2. The molecule has 3 aromatic rings. The van der Waals surface area contributed by atoms with Crippen LogP contribution in [0.25, 0.3) is 0 Å². The van der Waals surface area contributed by atoms with Crippen LogP contribution in [-0.4, -0.2) is 16.2 Å². The summed E-state index contributed by atoms with van der Waals surface area (Å²) in [5.74, 6) is 0.408. The first-order chi connectivity index (χ1) is 12.1. The molecule has 0 unspecified atom stereocenters. The monoisotopic (exact) mass is 411 g/mol. The van der Waals surface area contributed by atoms with Gasteiger partial charge < -0.3 is 36.7 Å². The van der Waals surface area contributed by atoms with Crippen molar-refractivity contribution in [1.29, 1.82) is 0 Å². The van der Waals surface area contributed by atoms with Gasteiger partial charge in [-0.25, -0.2) is 4.79 Å². The summed E-state index contributed by atoms with van der Waals surface area (Å²) in [4.78, 5) is 12.5. The van der Waals surface area contributed by atoms with Crippen molar-refractivity contribution >= 4 is 5.97 Å². The first kappa shape index (κ1) is 16.5. The first-order valence-corrected chi connectivity index (χ1v) is 7.77.